The molecule has 0 aliphatic heterocycles. The summed E-state index contributed by atoms with van der Waals surface area (Å²) in [5.74, 6) is 0.787. The molecule has 1 aromatic heterocycles. The van der Waals surface area contributed by atoms with Crippen molar-refractivity contribution >= 4 is 0 Å². The molecule has 3 heteroatoms. The zero-order valence-corrected chi connectivity index (χ0v) is 12.3. The van der Waals surface area contributed by atoms with E-state index in [2.05, 4.69) is 26.1 Å². The van der Waals surface area contributed by atoms with Gasteiger partial charge in [-0.1, -0.05) is 18.2 Å². The van der Waals surface area contributed by atoms with Crippen molar-refractivity contribution in [2.24, 2.45) is 0 Å². The lowest BCUT2D eigenvalue weighted by atomic mass is 9.93. The second-order valence-corrected chi connectivity index (χ2v) is 6.13. The second-order valence-electron chi connectivity index (χ2n) is 6.13. The number of hydrogen-bond acceptors (Lipinski definition) is 2. The highest BCUT2D eigenvalue weighted by Gasteiger charge is 2.20. The number of halogens is 1. The van der Waals surface area contributed by atoms with Gasteiger partial charge in [0.25, 0.3) is 0 Å². The summed E-state index contributed by atoms with van der Waals surface area (Å²) < 4.78 is 19.4. The Morgan fingerprint density at radius 2 is 1.90 bits per heavy atom. The summed E-state index contributed by atoms with van der Waals surface area (Å²) in [4.78, 5) is 0. The number of hydrogen-bond donors (Lipinski definition) is 1. The van der Waals surface area contributed by atoms with Gasteiger partial charge in [-0.15, -0.1) is 0 Å². The van der Waals surface area contributed by atoms with Gasteiger partial charge in [-0.25, -0.2) is 4.39 Å². The maximum atomic E-state index is 14.0. The molecule has 0 aliphatic rings. The molecule has 0 saturated heterocycles. The van der Waals surface area contributed by atoms with Gasteiger partial charge >= 0.3 is 0 Å². The maximum Gasteiger partial charge on any atom is 0.126 e. The predicted octanol–water partition coefficient (Wildman–Crippen LogP) is 4.13. The van der Waals surface area contributed by atoms with Crippen molar-refractivity contribution in [3.05, 3.63) is 59.8 Å². The predicted molar refractivity (Wildman–Crippen MR) is 79.3 cm³/mol. The van der Waals surface area contributed by atoms with Crippen LogP contribution in [0.25, 0.3) is 0 Å². The summed E-state index contributed by atoms with van der Waals surface area (Å²) in [6.07, 6.45) is 2.35. The monoisotopic (exact) mass is 275 g/mol. The summed E-state index contributed by atoms with van der Waals surface area (Å²) in [5.41, 5.74) is 0.743. The zero-order chi connectivity index (χ0) is 14.6. The quantitative estimate of drug-likeness (QED) is 0.887. The van der Waals surface area contributed by atoms with E-state index in [1.165, 1.54) is 6.07 Å². The second kappa shape index (κ2) is 6.23. The molecule has 1 atom stereocenters. The van der Waals surface area contributed by atoms with E-state index < -0.39 is 0 Å². The average molecular weight is 275 g/mol. The van der Waals surface area contributed by atoms with E-state index in [1.807, 2.05) is 24.3 Å². The highest BCUT2D eigenvalue weighted by atomic mass is 19.1. The first-order chi connectivity index (χ1) is 9.46. The van der Waals surface area contributed by atoms with Crippen LogP contribution in [0, 0.1) is 5.82 Å². The van der Waals surface area contributed by atoms with Crippen molar-refractivity contribution in [3.8, 4) is 0 Å². The van der Waals surface area contributed by atoms with Gasteiger partial charge in [0.1, 0.15) is 11.6 Å². The Balaban J connectivity index is 2.17. The Kier molecular flexibility index (Phi) is 4.61. The van der Waals surface area contributed by atoms with Crippen molar-refractivity contribution in [2.75, 3.05) is 6.54 Å². The van der Waals surface area contributed by atoms with Gasteiger partial charge in [-0.05, 0) is 44.5 Å². The van der Waals surface area contributed by atoms with Crippen LogP contribution in [0.1, 0.15) is 38.0 Å². The van der Waals surface area contributed by atoms with E-state index in [4.69, 9.17) is 4.42 Å². The van der Waals surface area contributed by atoms with Crippen molar-refractivity contribution in [2.45, 2.75) is 38.6 Å². The fourth-order valence-corrected chi connectivity index (χ4v) is 2.20. The van der Waals surface area contributed by atoms with E-state index in [1.54, 1.807) is 12.3 Å². The first-order valence-electron chi connectivity index (χ1n) is 6.97. The first kappa shape index (κ1) is 14.8. The topological polar surface area (TPSA) is 25.2 Å². The Hall–Kier alpha value is -1.61. The molecule has 1 heterocycles. The van der Waals surface area contributed by atoms with Gasteiger partial charge in [-0.3, -0.25) is 0 Å². The summed E-state index contributed by atoms with van der Waals surface area (Å²) in [5, 5.41) is 3.45. The molecule has 108 valence electrons. The van der Waals surface area contributed by atoms with Crippen LogP contribution in [-0.2, 0) is 6.42 Å². The third-order valence-electron chi connectivity index (χ3n) is 3.25. The molecule has 2 rings (SSSR count). The molecule has 1 N–H and O–H groups in total. The van der Waals surface area contributed by atoms with Crippen molar-refractivity contribution in [1.82, 2.24) is 5.32 Å². The van der Waals surface area contributed by atoms with Crippen LogP contribution in [0.4, 0.5) is 4.39 Å². The fraction of sp³-hybridized carbons (Fsp3) is 0.412. The van der Waals surface area contributed by atoms with Crippen molar-refractivity contribution in [1.29, 1.82) is 0 Å². The van der Waals surface area contributed by atoms with Crippen molar-refractivity contribution < 1.29 is 8.81 Å². The fourth-order valence-electron chi connectivity index (χ4n) is 2.20. The van der Waals surface area contributed by atoms with Crippen LogP contribution >= 0.6 is 0 Å². The molecule has 0 bridgehead atoms. The number of rotatable bonds is 5. The van der Waals surface area contributed by atoms with Gasteiger partial charge in [0.05, 0.1) is 6.26 Å². The maximum absolute atomic E-state index is 14.0. The minimum atomic E-state index is -0.153. The van der Waals surface area contributed by atoms with Crippen LogP contribution in [0.15, 0.2) is 47.1 Å². The molecule has 1 aromatic carbocycles. The van der Waals surface area contributed by atoms with Gasteiger partial charge in [-0.2, -0.15) is 0 Å². The van der Waals surface area contributed by atoms with Gasteiger partial charge in [0.15, 0.2) is 0 Å². The number of nitrogens with one attached hydrogen (secondary N) is 1. The Bertz CT molecular complexity index is 528. The molecule has 0 aliphatic carbocycles. The van der Waals surface area contributed by atoms with Crippen LogP contribution in [-0.4, -0.2) is 12.1 Å². The molecular weight excluding hydrogens is 253 g/mol. The number of furan rings is 1. The standard InChI is InChI=1S/C17H22FNO/c1-17(2,3)19-12-13(11-14-7-6-10-20-14)15-8-4-5-9-16(15)18/h4-10,13,19H,11-12H2,1-3H3. The van der Waals surface area contributed by atoms with E-state index in [9.17, 15) is 4.39 Å². The summed E-state index contributed by atoms with van der Waals surface area (Å²) >= 11 is 0. The molecule has 20 heavy (non-hydrogen) atoms. The third-order valence-corrected chi connectivity index (χ3v) is 3.25. The lowest BCUT2D eigenvalue weighted by Gasteiger charge is -2.25. The number of benzene rings is 1. The zero-order valence-electron chi connectivity index (χ0n) is 12.3. The Labute approximate surface area is 120 Å². The van der Waals surface area contributed by atoms with Crippen LogP contribution in [0.2, 0.25) is 0 Å². The van der Waals surface area contributed by atoms with Gasteiger partial charge in [0.2, 0.25) is 0 Å². The van der Waals surface area contributed by atoms with E-state index in [-0.39, 0.29) is 17.3 Å². The SMILES string of the molecule is CC(C)(C)NCC(Cc1ccco1)c1ccccc1F. The molecule has 0 fully saturated rings. The van der Waals surface area contributed by atoms with Crippen LogP contribution < -0.4 is 5.32 Å². The summed E-state index contributed by atoms with van der Waals surface area (Å²) in [6, 6.07) is 10.8. The first-order valence-corrected chi connectivity index (χ1v) is 6.97. The largest absolute Gasteiger partial charge is 0.469 e. The lowest BCUT2D eigenvalue weighted by Crippen LogP contribution is -2.39. The summed E-state index contributed by atoms with van der Waals surface area (Å²) in [7, 11) is 0. The van der Waals surface area contributed by atoms with Gasteiger partial charge in [0, 0.05) is 24.4 Å². The Morgan fingerprint density at radius 3 is 2.50 bits per heavy atom. The Morgan fingerprint density at radius 1 is 1.15 bits per heavy atom. The lowest BCUT2D eigenvalue weighted by molar-refractivity contribution is 0.389. The minimum absolute atomic E-state index is 0.00662. The minimum Gasteiger partial charge on any atom is -0.469 e. The van der Waals surface area contributed by atoms with E-state index in [0.717, 1.165) is 11.3 Å². The third kappa shape index (κ3) is 4.20. The van der Waals surface area contributed by atoms with E-state index in [0.29, 0.717) is 13.0 Å². The van der Waals surface area contributed by atoms with Crippen molar-refractivity contribution in [3.63, 3.8) is 0 Å². The summed E-state index contributed by atoms with van der Waals surface area (Å²) in [6.45, 7) is 7.04. The molecule has 2 aromatic rings. The molecule has 1 unspecified atom stereocenters. The highest BCUT2D eigenvalue weighted by molar-refractivity contribution is 5.24. The normalized spacial score (nSPS) is 13.4. The van der Waals surface area contributed by atoms with Gasteiger partial charge < -0.3 is 9.73 Å². The highest BCUT2D eigenvalue weighted by Crippen LogP contribution is 2.24. The molecular formula is C17H22FNO. The van der Waals surface area contributed by atoms with E-state index >= 15 is 0 Å². The molecule has 0 amide bonds. The molecule has 2 nitrogen and oxygen atoms in total. The molecule has 0 spiro atoms. The molecule has 0 radical (unpaired) electrons. The van der Waals surface area contributed by atoms with Crippen LogP contribution in [0.5, 0.6) is 0 Å². The smallest absolute Gasteiger partial charge is 0.126 e. The average Bonchev–Trinajstić information content (AvgIpc) is 2.87. The van der Waals surface area contributed by atoms with Crippen LogP contribution in [0.3, 0.4) is 0 Å². The molecule has 0 saturated carbocycles.